The Balaban J connectivity index is 1.85. The van der Waals surface area contributed by atoms with Gasteiger partial charge in [-0.3, -0.25) is 0 Å². The molecule has 4 nitrogen and oxygen atoms in total. The number of para-hydroxylation sites is 1. The minimum atomic E-state index is 0.680. The average molecular weight is 348 g/mol. The first-order valence-electron chi connectivity index (χ1n) is 7.83. The zero-order valence-electron chi connectivity index (χ0n) is 13.9. The molecule has 0 atom stereocenters. The maximum Gasteiger partial charge on any atom is 0.148 e. The van der Waals surface area contributed by atoms with Gasteiger partial charge in [-0.25, -0.2) is 9.98 Å². The fraction of sp³-hybridized carbons (Fsp3) is 0.100. The molecule has 0 fully saturated rings. The van der Waals surface area contributed by atoms with E-state index >= 15 is 0 Å². The fourth-order valence-electron chi connectivity index (χ4n) is 2.65. The van der Waals surface area contributed by atoms with E-state index in [0.717, 1.165) is 37.6 Å². The van der Waals surface area contributed by atoms with Crippen LogP contribution in [0.4, 0.5) is 5.69 Å². The van der Waals surface area contributed by atoms with Crippen LogP contribution < -0.4 is 14.8 Å². The van der Waals surface area contributed by atoms with Gasteiger partial charge in [-0.15, -0.1) is 11.3 Å². The van der Waals surface area contributed by atoms with Crippen LogP contribution in [0.25, 0.3) is 20.8 Å². The second-order valence-electron chi connectivity index (χ2n) is 5.48. The summed E-state index contributed by atoms with van der Waals surface area (Å²) < 4.78 is 11.8. The second kappa shape index (κ2) is 6.53. The highest BCUT2D eigenvalue weighted by molar-refractivity contribution is 7.21. The quantitative estimate of drug-likeness (QED) is 0.506. The molecular weight excluding hydrogens is 332 g/mol. The average Bonchev–Trinajstić information content (AvgIpc) is 2.66. The molecule has 124 valence electrons. The first-order valence-corrected chi connectivity index (χ1v) is 8.65. The van der Waals surface area contributed by atoms with Crippen LogP contribution in [0.15, 0.2) is 65.7 Å². The van der Waals surface area contributed by atoms with Crippen molar-refractivity contribution in [3.05, 3.63) is 66.0 Å². The number of fused-ring (bicyclic) bond motifs is 2. The predicted molar refractivity (Wildman–Crippen MR) is 101 cm³/mol. The van der Waals surface area contributed by atoms with Gasteiger partial charge < -0.3 is 9.47 Å². The van der Waals surface area contributed by atoms with Gasteiger partial charge in [0.25, 0.3) is 0 Å². The van der Waals surface area contributed by atoms with E-state index in [2.05, 4.69) is 12.1 Å². The van der Waals surface area contributed by atoms with Gasteiger partial charge in [-0.05, 0) is 42.5 Å². The minimum Gasteiger partial charge on any atom is -0.497 e. The van der Waals surface area contributed by atoms with E-state index in [0.29, 0.717) is 5.75 Å². The van der Waals surface area contributed by atoms with Gasteiger partial charge in [0, 0.05) is 6.07 Å². The summed E-state index contributed by atoms with van der Waals surface area (Å²) in [7, 11) is 3.26. The van der Waals surface area contributed by atoms with E-state index in [1.54, 1.807) is 25.6 Å². The Hall–Kier alpha value is -2.92. The largest absolute Gasteiger partial charge is 0.497 e. The number of nitrogens with zero attached hydrogens (tertiary/aromatic N) is 2. The van der Waals surface area contributed by atoms with Gasteiger partial charge in [0.15, 0.2) is 0 Å². The Morgan fingerprint density at radius 2 is 1.80 bits per heavy atom. The van der Waals surface area contributed by atoms with Gasteiger partial charge in [0.1, 0.15) is 17.2 Å². The molecule has 0 saturated heterocycles. The first kappa shape index (κ1) is 15.6. The molecule has 2 aliphatic rings. The summed E-state index contributed by atoms with van der Waals surface area (Å²) in [4.78, 5) is 10.5. The Kier molecular flexibility index (Phi) is 4.07. The maximum atomic E-state index is 5.42. The summed E-state index contributed by atoms with van der Waals surface area (Å²) in [5, 5.41) is 0.865. The Labute approximate surface area is 149 Å². The van der Waals surface area contributed by atoms with E-state index in [4.69, 9.17) is 19.5 Å². The number of benzene rings is 3. The summed E-state index contributed by atoms with van der Waals surface area (Å²) in [5.41, 5.74) is 2.76. The molecule has 1 aliphatic heterocycles. The second-order valence-corrected chi connectivity index (χ2v) is 6.57. The molecule has 0 unspecified atom stereocenters. The van der Waals surface area contributed by atoms with Crippen LogP contribution in [0.3, 0.4) is 0 Å². The summed E-state index contributed by atoms with van der Waals surface area (Å²) in [6.45, 7) is 0. The lowest BCUT2D eigenvalue weighted by molar-refractivity contribution is 0.395. The standard InChI is InChI=1S/C20H16N2O2S/c1-23-14-8-10-15(18(12-14)24-2)21-13-7-9-17-20(11-13)25-19-6-4-3-5-16(19)22-17/h3-12H,1-2H3/b21-13-. The lowest BCUT2D eigenvalue weighted by atomic mass is 10.2. The van der Waals surface area contributed by atoms with Gasteiger partial charge >= 0.3 is 0 Å². The van der Waals surface area contributed by atoms with Crippen molar-refractivity contribution in [3.8, 4) is 22.1 Å². The van der Waals surface area contributed by atoms with Crippen LogP contribution in [0.5, 0.6) is 11.5 Å². The molecule has 25 heavy (non-hydrogen) atoms. The van der Waals surface area contributed by atoms with E-state index < -0.39 is 0 Å². The van der Waals surface area contributed by atoms with E-state index in [1.807, 2.05) is 48.5 Å². The predicted octanol–water partition coefficient (Wildman–Crippen LogP) is 4.65. The van der Waals surface area contributed by atoms with E-state index in [9.17, 15) is 0 Å². The lowest BCUT2D eigenvalue weighted by Gasteiger charge is -2.08. The first-order chi connectivity index (χ1) is 12.3. The summed E-state index contributed by atoms with van der Waals surface area (Å²) in [5.74, 6) is 1.42. The number of hydrogen-bond acceptors (Lipinski definition) is 5. The smallest absolute Gasteiger partial charge is 0.148 e. The fourth-order valence-corrected chi connectivity index (χ4v) is 3.65. The molecule has 0 saturated carbocycles. The third kappa shape index (κ3) is 3.06. The van der Waals surface area contributed by atoms with Crippen molar-refractivity contribution >= 4 is 27.2 Å². The molecule has 4 rings (SSSR count). The highest BCUT2D eigenvalue weighted by Crippen LogP contribution is 2.32. The SMILES string of the molecule is COc1ccc(/N=c2/ccc3nc4ccccc4sc-3c2)c(OC)c1. The summed E-state index contributed by atoms with van der Waals surface area (Å²) in [6, 6.07) is 19.8. The van der Waals surface area contributed by atoms with Crippen LogP contribution >= 0.6 is 11.3 Å². The molecule has 2 aromatic carbocycles. The van der Waals surface area contributed by atoms with Gasteiger partial charge in [-0.2, -0.15) is 0 Å². The molecule has 2 aromatic rings. The maximum absolute atomic E-state index is 5.42. The van der Waals surface area contributed by atoms with Crippen molar-refractivity contribution in [2.75, 3.05) is 14.2 Å². The highest BCUT2D eigenvalue weighted by atomic mass is 32.1. The van der Waals surface area contributed by atoms with Crippen LogP contribution in [0.1, 0.15) is 0 Å². The molecule has 1 heterocycles. The zero-order valence-corrected chi connectivity index (χ0v) is 14.7. The molecular formula is C20H16N2O2S. The Bertz CT molecular complexity index is 1090. The van der Waals surface area contributed by atoms with Crippen molar-refractivity contribution in [2.45, 2.75) is 0 Å². The summed E-state index contributed by atoms with van der Waals surface area (Å²) >= 11 is 1.72. The van der Waals surface area contributed by atoms with Crippen LogP contribution in [-0.2, 0) is 0 Å². The summed E-state index contributed by atoms with van der Waals surface area (Å²) in [6.07, 6.45) is 0. The molecule has 5 heteroatoms. The molecule has 0 N–H and O–H groups in total. The number of hydrogen-bond donors (Lipinski definition) is 0. The molecule has 0 aromatic heterocycles. The highest BCUT2D eigenvalue weighted by Gasteiger charge is 2.07. The lowest BCUT2D eigenvalue weighted by Crippen LogP contribution is -2.01. The Morgan fingerprint density at radius 3 is 2.64 bits per heavy atom. The zero-order chi connectivity index (χ0) is 17.2. The third-order valence-electron chi connectivity index (χ3n) is 3.91. The number of ether oxygens (including phenoxy) is 2. The van der Waals surface area contributed by atoms with Crippen molar-refractivity contribution in [3.63, 3.8) is 0 Å². The van der Waals surface area contributed by atoms with E-state index in [-0.39, 0.29) is 0 Å². The van der Waals surface area contributed by atoms with E-state index in [1.165, 1.54) is 0 Å². The van der Waals surface area contributed by atoms with Crippen molar-refractivity contribution in [1.82, 2.24) is 4.98 Å². The minimum absolute atomic E-state index is 0.680. The van der Waals surface area contributed by atoms with Crippen molar-refractivity contribution in [2.24, 2.45) is 4.99 Å². The Morgan fingerprint density at radius 1 is 0.920 bits per heavy atom. The molecule has 0 amide bonds. The molecule has 0 bridgehead atoms. The van der Waals surface area contributed by atoms with Gasteiger partial charge in [-0.1, -0.05) is 12.1 Å². The molecule has 0 radical (unpaired) electrons. The topological polar surface area (TPSA) is 43.7 Å². The molecule has 0 spiro atoms. The monoisotopic (exact) mass is 348 g/mol. The number of rotatable bonds is 3. The third-order valence-corrected chi connectivity index (χ3v) is 5.02. The van der Waals surface area contributed by atoms with Crippen LogP contribution in [0.2, 0.25) is 0 Å². The number of aromatic nitrogens is 1. The molecule has 1 aliphatic carbocycles. The van der Waals surface area contributed by atoms with Crippen LogP contribution in [0, 0.1) is 0 Å². The van der Waals surface area contributed by atoms with Crippen LogP contribution in [-0.4, -0.2) is 19.2 Å². The van der Waals surface area contributed by atoms with Crippen molar-refractivity contribution in [1.29, 1.82) is 0 Å². The van der Waals surface area contributed by atoms with Gasteiger partial charge in [0.2, 0.25) is 0 Å². The number of methoxy groups -OCH3 is 2. The van der Waals surface area contributed by atoms with Crippen molar-refractivity contribution < 1.29 is 9.47 Å². The normalized spacial score (nSPS) is 11.8. The van der Waals surface area contributed by atoms with Gasteiger partial charge in [0.05, 0.1) is 40.4 Å².